The van der Waals surface area contributed by atoms with Gasteiger partial charge in [0.15, 0.2) is 0 Å². The molecule has 1 saturated heterocycles. The number of nitrogens with one attached hydrogen (secondary N) is 1. The maximum Gasteiger partial charge on any atom is 0.262 e. The summed E-state index contributed by atoms with van der Waals surface area (Å²) in [5, 5.41) is 12.8. The number of nitrogens with zero attached hydrogens (tertiary/aromatic N) is 4. The summed E-state index contributed by atoms with van der Waals surface area (Å²) >= 11 is 5.95. The molecule has 0 unspecified atom stereocenters. The minimum Gasteiger partial charge on any atom is -0.368 e. The molecule has 0 spiro atoms. The van der Waals surface area contributed by atoms with E-state index >= 15 is 0 Å². The van der Waals surface area contributed by atoms with Crippen LogP contribution in [0.2, 0.25) is 5.02 Å². The van der Waals surface area contributed by atoms with Crippen LogP contribution in [0.5, 0.6) is 0 Å². The second-order valence-electron chi connectivity index (χ2n) is 8.17. The van der Waals surface area contributed by atoms with E-state index in [1.54, 1.807) is 11.0 Å². The van der Waals surface area contributed by atoms with Crippen LogP contribution in [0.1, 0.15) is 30.3 Å². The summed E-state index contributed by atoms with van der Waals surface area (Å²) in [5.74, 6) is -0.691. The molecule has 1 aromatic carbocycles. The lowest BCUT2D eigenvalue weighted by molar-refractivity contribution is -0.132. The lowest BCUT2D eigenvalue weighted by Crippen LogP contribution is -2.51. The summed E-state index contributed by atoms with van der Waals surface area (Å²) in [6.45, 7) is 9.41. The minimum absolute atomic E-state index is 0.00731. The first kappa shape index (κ1) is 24.4. The molecule has 2 aromatic rings. The van der Waals surface area contributed by atoms with Gasteiger partial charge in [-0.15, -0.1) is 0 Å². The third kappa shape index (κ3) is 5.96. The van der Waals surface area contributed by atoms with Gasteiger partial charge in [0, 0.05) is 54.8 Å². The maximum atomic E-state index is 12.6. The van der Waals surface area contributed by atoms with Crippen molar-refractivity contribution in [3.8, 4) is 6.07 Å². The molecule has 2 amide bonds. The van der Waals surface area contributed by atoms with E-state index < -0.39 is 5.91 Å². The number of piperazine rings is 1. The number of hydrogen-bond donors (Lipinski definition) is 1. The quantitative estimate of drug-likeness (QED) is 0.498. The number of hydrogen-bond acceptors (Lipinski definition) is 4. The number of carbonyl (C=O) groups is 2. The molecule has 3 rings (SSSR count). The number of aromatic nitrogens is 1. The Labute approximate surface area is 200 Å². The summed E-state index contributed by atoms with van der Waals surface area (Å²) in [4.78, 5) is 29.1. The van der Waals surface area contributed by atoms with Gasteiger partial charge in [-0.1, -0.05) is 18.5 Å². The second-order valence-corrected chi connectivity index (χ2v) is 8.61. The van der Waals surface area contributed by atoms with Gasteiger partial charge in [-0.05, 0) is 62.2 Å². The molecule has 1 aromatic heterocycles. The molecule has 1 N–H and O–H groups in total. The number of carbonyl (C=O) groups excluding carboxylic acids is 2. The molecule has 1 fully saturated rings. The van der Waals surface area contributed by atoms with Crippen LogP contribution in [-0.4, -0.2) is 54.0 Å². The monoisotopic (exact) mass is 467 g/mol. The molecule has 8 heteroatoms. The van der Waals surface area contributed by atoms with Crippen molar-refractivity contribution in [3.05, 3.63) is 57.9 Å². The van der Waals surface area contributed by atoms with E-state index in [4.69, 9.17) is 11.6 Å². The number of benzene rings is 1. The largest absolute Gasteiger partial charge is 0.368 e. The molecule has 1 aliphatic heterocycles. The predicted octanol–water partition coefficient (Wildman–Crippen LogP) is 3.54. The number of halogens is 1. The van der Waals surface area contributed by atoms with E-state index in [-0.39, 0.29) is 18.0 Å². The van der Waals surface area contributed by atoms with Crippen molar-refractivity contribution in [1.29, 1.82) is 5.26 Å². The Bertz CT molecular complexity index is 1070. The first-order chi connectivity index (χ1) is 15.8. The summed E-state index contributed by atoms with van der Waals surface area (Å²) in [7, 11) is 0. The smallest absolute Gasteiger partial charge is 0.262 e. The number of nitriles is 1. The number of aryl methyl sites for hydroxylation is 1. The van der Waals surface area contributed by atoms with Crippen LogP contribution in [0, 0.1) is 25.2 Å². The summed E-state index contributed by atoms with van der Waals surface area (Å²) in [5.41, 5.74) is 4.02. The number of anilines is 1. The number of rotatable bonds is 7. The Morgan fingerprint density at radius 1 is 1.15 bits per heavy atom. The van der Waals surface area contributed by atoms with E-state index in [0.29, 0.717) is 31.2 Å². The summed E-state index contributed by atoms with van der Waals surface area (Å²) in [6, 6.07) is 11.6. The Morgan fingerprint density at radius 3 is 2.42 bits per heavy atom. The molecule has 0 bridgehead atoms. The average molecular weight is 468 g/mol. The highest BCUT2D eigenvalue weighted by Crippen LogP contribution is 2.20. The van der Waals surface area contributed by atoms with Gasteiger partial charge in [-0.25, -0.2) is 0 Å². The van der Waals surface area contributed by atoms with Crippen molar-refractivity contribution in [2.24, 2.45) is 0 Å². The third-order valence-corrected chi connectivity index (χ3v) is 6.20. The molecule has 174 valence electrons. The van der Waals surface area contributed by atoms with E-state index in [9.17, 15) is 14.9 Å². The van der Waals surface area contributed by atoms with Gasteiger partial charge < -0.3 is 19.7 Å². The zero-order valence-corrected chi connectivity index (χ0v) is 20.2. The van der Waals surface area contributed by atoms with Crippen molar-refractivity contribution in [2.45, 2.75) is 33.7 Å². The molecule has 0 atom stereocenters. The normalized spacial score (nSPS) is 14.2. The third-order valence-electron chi connectivity index (χ3n) is 5.95. The highest BCUT2D eigenvalue weighted by atomic mass is 35.5. The molecule has 7 nitrogen and oxygen atoms in total. The van der Waals surface area contributed by atoms with Gasteiger partial charge in [0.2, 0.25) is 5.91 Å². The van der Waals surface area contributed by atoms with Crippen molar-refractivity contribution >= 4 is 35.2 Å². The average Bonchev–Trinajstić information content (AvgIpc) is 3.09. The van der Waals surface area contributed by atoms with Gasteiger partial charge >= 0.3 is 0 Å². The highest BCUT2D eigenvalue weighted by molar-refractivity contribution is 6.30. The molecule has 2 heterocycles. The van der Waals surface area contributed by atoms with Crippen molar-refractivity contribution in [1.82, 2.24) is 14.8 Å². The van der Waals surface area contributed by atoms with Gasteiger partial charge in [0.1, 0.15) is 11.6 Å². The van der Waals surface area contributed by atoms with Crippen LogP contribution >= 0.6 is 11.6 Å². The Morgan fingerprint density at radius 2 is 1.82 bits per heavy atom. The fourth-order valence-electron chi connectivity index (χ4n) is 4.07. The van der Waals surface area contributed by atoms with Crippen molar-refractivity contribution in [3.63, 3.8) is 0 Å². The molecule has 0 aliphatic carbocycles. The standard InChI is InChI=1S/C25H30ClN5O2/c1-4-9-31-18(2)14-20(19(31)3)15-21(16-27)25(33)28-17-24(32)30-12-10-29(11-13-30)23-7-5-22(26)6-8-23/h5-8,14-15H,4,9-13,17H2,1-3H3,(H,28,33)/b21-15+. The van der Waals surface area contributed by atoms with Gasteiger partial charge in [0.25, 0.3) is 5.91 Å². The van der Waals surface area contributed by atoms with Crippen LogP contribution < -0.4 is 10.2 Å². The van der Waals surface area contributed by atoms with Crippen LogP contribution in [0.4, 0.5) is 5.69 Å². The van der Waals surface area contributed by atoms with Gasteiger partial charge in [0.05, 0.1) is 6.54 Å². The molecular weight excluding hydrogens is 438 g/mol. The summed E-state index contributed by atoms with van der Waals surface area (Å²) in [6.07, 6.45) is 2.60. The molecule has 1 aliphatic rings. The molecule has 33 heavy (non-hydrogen) atoms. The fourth-order valence-corrected chi connectivity index (χ4v) is 4.20. The maximum absolute atomic E-state index is 12.6. The topological polar surface area (TPSA) is 81.4 Å². The Balaban J connectivity index is 1.55. The van der Waals surface area contributed by atoms with Gasteiger partial charge in [-0.2, -0.15) is 5.26 Å². The zero-order chi connectivity index (χ0) is 24.0. The van der Waals surface area contributed by atoms with E-state index in [1.807, 2.05) is 50.2 Å². The SMILES string of the molecule is CCCn1c(C)cc(/C=C(\C#N)C(=O)NCC(=O)N2CCN(c3ccc(Cl)cc3)CC2)c1C. The lowest BCUT2D eigenvalue weighted by atomic mass is 10.1. The first-order valence-electron chi connectivity index (χ1n) is 11.2. The molecule has 0 radical (unpaired) electrons. The van der Waals surface area contributed by atoms with Crippen molar-refractivity contribution in [2.75, 3.05) is 37.6 Å². The van der Waals surface area contributed by atoms with Crippen LogP contribution in [-0.2, 0) is 16.1 Å². The fraction of sp³-hybridized carbons (Fsp3) is 0.400. The van der Waals surface area contributed by atoms with Crippen LogP contribution in [0.15, 0.2) is 35.9 Å². The summed E-state index contributed by atoms with van der Waals surface area (Å²) < 4.78 is 2.17. The number of amides is 2. The first-order valence-corrected chi connectivity index (χ1v) is 11.6. The van der Waals surface area contributed by atoms with E-state index in [2.05, 4.69) is 21.7 Å². The molecular formula is C25H30ClN5O2. The van der Waals surface area contributed by atoms with Crippen molar-refractivity contribution < 1.29 is 9.59 Å². The van der Waals surface area contributed by atoms with Crippen LogP contribution in [0.25, 0.3) is 6.08 Å². The highest BCUT2D eigenvalue weighted by Gasteiger charge is 2.22. The van der Waals surface area contributed by atoms with Crippen LogP contribution in [0.3, 0.4) is 0 Å². The van der Waals surface area contributed by atoms with E-state index in [0.717, 1.165) is 35.6 Å². The lowest BCUT2D eigenvalue weighted by Gasteiger charge is -2.36. The second kappa shape index (κ2) is 11.1. The zero-order valence-electron chi connectivity index (χ0n) is 19.4. The predicted molar refractivity (Wildman–Crippen MR) is 131 cm³/mol. The Hall–Kier alpha value is -3.24. The van der Waals surface area contributed by atoms with E-state index in [1.165, 1.54) is 0 Å². The minimum atomic E-state index is -0.536. The molecule has 0 saturated carbocycles. The van der Waals surface area contributed by atoms with Gasteiger partial charge in [-0.3, -0.25) is 9.59 Å². The Kier molecular flexibility index (Phi) is 8.18.